The molecule has 4 nitrogen and oxygen atoms in total. The van der Waals surface area contributed by atoms with E-state index in [0.29, 0.717) is 34.6 Å². The van der Waals surface area contributed by atoms with Gasteiger partial charge in [0.05, 0.1) is 11.6 Å². The summed E-state index contributed by atoms with van der Waals surface area (Å²) in [5.41, 5.74) is 0.670. The highest BCUT2D eigenvalue weighted by Gasteiger charge is 2.02. The van der Waals surface area contributed by atoms with E-state index in [1.165, 1.54) is 0 Å². The quantitative estimate of drug-likeness (QED) is 0.810. The molecule has 0 atom stereocenters. The van der Waals surface area contributed by atoms with Crippen molar-refractivity contribution in [3.05, 3.63) is 58.6 Å². The van der Waals surface area contributed by atoms with E-state index in [-0.39, 0.29) is 6.03 Å². The molecule has 0 aliphatic heterocycles. The molecule has 0 saturated carbocycles. The van der Waals surface area contributed by atoms with E-state index < -0.39 is 0 Å². The van der Waals surface area contributed by atoms with Gasteiger partial charge in [0.25, 0.3) is 0 Å². The molecular formula is C15H14Cl2N2O2. The molecule has 2 amide bonds. The van der Waals surface area contributed by atoms with Gasteiger partial charge in [-0.3, -0.25) is 0 Å². The molecule has 0 aromatic heterocycles. The second-order valence-electron chi connectivity index (χ2n) is 4.17. The fraction of sp³-hybridized carbons (Fsp3) is 0.133. The first-order valence-electron chi connectivity index (χ1n) is 6.33. The SMILES string of the molecule is O=C(NCCOc1ccccc1Cl)Nc1ccc(Cl)cc1. The van der Waals surface area contributed by atoms with Gasteiger partial charge in [0, 0.05) is 10.7 Å². The van der Waals surface area contributed by atoms with E-state index in [1.54, 1.807) is 36.4 Å². The average Bonchev–Trinajstić information content (AvgIpc) is 2.48. The van der Waals surface area contributed by atoms with E-state index >= 15 is 0 Å². The van der Waals surface area contributed by atoms with Crippen molar-refractivity contribution in [2.75, 3.05) is 18.5 Å². The Morgan fingerprint density at radius 1 is 1.05 bits per heavy atom. The first-order valence-corrected chi connectivity index (χ1v) is 7.08. The number of benzene rings is 2. The molecular weight excluding hydrogens is 311 g/mol. The van der Waals surface area contributed by atoms with Crippen LogP contribution in [0.3, 0.4) is 0 Å². The Morgan fingerprint density at radius 3 is 2.48 bits per heavy atom. The maximum atomic E-state index is 11.6. The van der Waals surface area contributed by atoms with Crippen LogP contribution in [-0.2, 0) is 0 Å². The lowest BCUT2D eigenvalue weighted by molar-refractivity contribution is 0.247. The van der Waals surface area contributed by atoms with Gasteiger partial charge in [-0.05, 0) is 36.4 Å². The second-order valence-corrected chi connectivity index (χ2v) is 5.01. The summed E-state index contributed by atoms with van der Waals surface area (Å²) in [6.07, 6.45) is 0. The van der Waals surface area contributed by atoms with Gasteiger partial charge < -0.3 is 15.4 Å². The fourth-order valence-electron chi connectivity index (χ4n) is 1.60. The van der Waals surface area contributed by atoms with Crippen LogP contribution < -0.4 is 15.4 Å². The number of anilines is 1. The number of ether oxygens (including phenoxy) is 1. The van der Waals surface area contributed by atoms with Crippen LogP contribution in [0.2, 0.25) is 10.0 Å². The number of hydrogen-bond acceptors (Lipinski definition) is 2. The van der Waals surface area contributed by atoms with Gasteiger partial charge in [0.15, 0.2) is 0 Å². The number of nitrogens with one attached hydrogen (secondary N) is 2. The third kappa shape index (κ3) is 5.17. The van der Waals surface area contributed by atoms with Gasteiger partial charge in [0.1, 0.15) is 12.4 Å². The third-order valence-corrected chi connectivity index (χ3v) is 3.15. The molecule has 0 heterocycles. The predicted octanol–water partition coefficient (Wildman–Crippen LogP) is 4.19. The van der Waals surface area contributed by atoms with Gasteiger partial charge in [-0.25, -0.2) is 4.79 Å². The summed E-state index contributed by atoms with van der Waals surface area (Å²) in [7, 11) is 0. The highest BCUT2D eigenvalue weighted by molar-refractivity contribution is 6.32. The number of carbonyl (C=O) groups is 1. The summed E-state index contributed by atoms with van der Waals surface area (Å²) in [5, 5.41) is 6.54. The first kappa shape index (κ1) is 15.5. The van der Waals surface area contributed by atoms with Gasteiger partial charge in [0.2, 0.25) is 0 Å². The van der Waals surface area contributed by atoms with Crippen molar-refractivity contribution < 1.29 is 9.53 Å². The Labute approximate surface area is 133 Å². The molecule has 0 spiro atoms. The van der Waals surface area contributed by atoms with E-state index in [2.05, 4.69) is 10.6 Å². The Balaban J connectivity index is 1.70. The van der Waals surface area contributed by atoms with E-state index in [0.717, 1.165) is 0 Å². The second kappa shape index (κ2) is 7.76. The summed E-state index contributed by atoms with van der Waals surface area (Å²) >= 11 is 11.7. The van der Waals surface area contributed by atoms with Crippen molar-refractivity contribution in [1.82, 2.24) is 5.32 Å². The molecule has 0 aliphatic carbocycles. The number of halogens is 2. The monoisotopic (exact) mass is 324 g/mol. The zero-order valence-electron chi connectivity index (χ0n) is 11.1. The normalized spacial score (nSPS) is 10.0. The van der Waals surface area contributed by atoms with Crippen molar-refractivity contribution in [1.29, 1.82) is 0 Å². The third-order valence-electron chi connectivity index (χ3n) is 2.58. The zero-order valence-corrected chi connectivity index (χ0v) is 12.6. The molecule has 0 radical (unpaired) electrons. The molecule has 0 fully saturated rings. The number of rotatable bonds is 5. The van der Waals surface area contributed by atoms with E-state index in [9.17, 15) is 4.79 Å². The Kier molecular flexibility index (Phi) is 5.72. The molecule has 0 bridgehead atoms. The number of amides is 2. The van der Waals surface area contributed by atoms with Crippen molar-refractivity contribution in [3.63, 3.8) is 0 Å². The van der Waals surface area contributed by atoms with Gasteiger partial charge in [-0.15, -0.1) is 0 Å². The molecule has 0 unspecified atom stereocenters. The van der Waals surface area contributed by atoms with Crippen LogP contribution in [0, 0.1) is 0 Å². The van der Waals surface area contributed by atoms with Crippen LogP contribution in [0.5, 0.6) is 5.75 Å². The molecule has 0 aliphatic rings. The smallest absolute Gasteiger partial charge is 0.319 e. The van der Waals surface area contributed by atoms with Crippen molar-refractivity contribution >= 4 is 34.9 Å². The Hall–Kier alpha value is -1.91. The molecule has 0 saturated heterocycles. The largest absolute Gasteiger partial charge is 0.490 e. The molecule has 2 aromatic rings. The average molecular weight is 325 g/mol. The minimum atomic E-state index is -0.305. The van der Waals surface area contributed by atoms with Gasteiger partial charge >= 0.3 is 6.03 Å². The fourth-order valence-corrected chi connectivity index (χ4v) is 1.91. The summed E-state index contributed by atoms with van der Waals surface area (Å²) in [6.45, 7) is 0.697. The van der Waals surface area contributed by atoms with Gasteiger partial charge in [-0.1, -0.05) is 35.3 Å². The molecule has 2 aromatic carbocycles. The highest BCUT2D eigenvalue weighted by Crippen LogP contribution is 2.22. The first-order chi connectivity index (χ1) is 10.1. The lowest BCUT2D eigenvalue weighted by Gasteiger charge is -2.10. The summed E-state index contributed by atoms with van der Waals surface area (Å²) in [4.78, 5) is 11.6. The van der Waals surface area contributed by atoms with Crippen molar-refractivity contribution in [2.45, 2.75) is 0 Å². The number of urea groups is 1. The van der Waals surface area contributed by atoms with Crippen LogP contribution >= 0.6 is 23.2 Å². The predicted molar refractivity (Wildman–Crippen MR) is 85.4 cm³/mol. The number of hydrogen-bond donors (Lipinski definition) is 2. The summed E-state index contributed by atoms with van der Waals surface area (Å²) < 4.78 is 5.46. The van der Waals surface area contributed by atoms with Crippen LogP contribution in [0.1, 0.15) is 0 Å². The number of para-hydroxylation sites is 1. The maximum absolute atomic E-state index is 11.6. The summed E-state index contributed by atoms with van der Waals surface area (Å²) in [5.74, 6) is 0.596. The van der Waals surface area contributed by atoms with Crippen molar-refractivity contribution in [3.8, 4) is 5.75 Å². The lowest BCUT2D eigenvalue weighted by atomic mass is 10.3. The van der Waals surface area contributed by atoms with Gasteiger partial charge in [-0.2, -0.15) is 0 Å². The van der Waals surface area contributed by atoms with Crippen LogP contribution in [0.25, 0.3) is 0 Å². The van der Waals surface area contributed by atoms with E-state index in [4.69, 9.17) is 27.9 Å². The zero-order chi connectivity index (χ0) is 15.1. The standard InChI is InChI=1S/C15H14Cl2N2O2/c16-11-5-7-12(8-6-11)19-15(20)18-9-10-21-14-4-2-1-3-13(14)17/h1-8H,9-10H2,(H2,18,19,20). The minimum absolute atomic E-state index is 0.305. The summed E-state index contributed by atoms with van der Waals surface area (Å²) in [6, 6.07) is 13.7. The Bertz CT molecular complexity index is 603. The molecule has 2 N–H and O–H groups in total. The molecule has 110 valence electrons. The van der Waals surface area contributed by atoms with Crippen molar-refractivity contribution in [2.24, 2.45) is 0 Å². The Morgan fingerprint density at radius 2 is 1.76 bits per heavy atom. The molecule has 2 rings (SSSR count). The van der Waals surface area contributed by atoms with E-state index in [1.807, 2.05) is 12.1 Å². The minimum Gasteiger partial charge on any atom is -0.490 e. The highest BCUT2D eigenvalue weighted by atomic mass is 35.5. The van der Waals surface area contributed by atoms with Crippen LogP contribution in [0.4, 0.5) is 10.5 Å². The topological polar surface area (TPSA) is 50.4 Å². The lowest BCUT2D eigenvalue weighted by Crippen LogP contribution is -2.32. The van der Waals surface area contributed by atoms with Crippen LogP contribution in [-0.4, -0.2) is 19.2 Å². The molecule has 21 heavy (non-hydrogen) atoms. The van der Waals surface area contributed by atoms with Crippen LogP contribution in [0.15, 0.2) is 48.5 Å². The number of carbonyl (C=O) groups excluding carboxylic acids is 1. The molecule has 6 heteroatoms. The maximum Gasteiger partial charge on any atom is 0.319 e.